The SMILES string of the molecule is COC(=O)c1ccc(C(=O)N(CCN(C)C)c2nc3ccc(OC)cc3s2)cc1.Cl. The molecule has 1 amide bonds. The molecule has 0 aliphatic carbocycles. The van der Waals surface area contributed by atoms with Gasteiger partial charge in [-0.1, -0.05) is 11.3 Å². The standard InChI is InChI=1S/C21H23N3O4S.ClH/c1-23(2)11-12-24(19(25)14-5-7-15(8-6-14)20(26)28-4)21-22-17-10-9-16(27-3)13-18(17)29-21;/h5-10,13H,11-12H2,1-4H3;1H. The van der Waals surface area contributed by atoms with E-state index in [1.54, 1.807) is 36.3 Å². The molecule has 2 aromatic carbocycles. The number of thiazole rings is 1. The highest BCUT2D eigenvalue weighted by Gasteiger charge is 2.22. The van der Waals surface area contributed by atoms with Crippen molar-refractivity contribution in [2.75, 3.05) is 46.3 Å². The van der Waals surface area contributed by atoms with E-state index in [-0.39, 0.29) is 18.3 Å². The highest BCUT2D eigenvalue weighted by molar-refractivity contribution is 7.22. The van der Waals surface area contributed by atoms with Crippen molar-refractivity contribution < 1.29 is 19.1 Å². The average Bonchev–Trinajstić information content (AvgIpc) is 3.15. The maximum Gasteiger partial charge on any atom is 0.337 e. The largest absolute Gasteiger partial charge is 0.497 e. The molecule has 0 bridgehead atoms. The molecule has 0 aliphatic heterocycles. The van der Waals surface area contributed by atoms with Crippen LogP contribution in [0.5, 0.6) is 5.75 Å². The summed E-state index contributed by atoms with van der Waals surface area (Å²) >= 11 is 1.44. The second-order valence-corrected chi connectivity index (χ2v) is 7.67. The number of benzene rings is 2. The van der Waals surface area contributed by atoms with Gasteiger partial charge in [-0.3, -0.25) is 9.69 Å². The smallest absolute Gasteiger partial charge is 0.337 e. The summed E-state index contributed by atoms with van der Waals surface area (Å²) in [4.78, 5) is 33.2. The third-order valence-corrected chi connectivity index (χ3v) is 5.43. The van der Waals surface area contributed by atoms with Gasteiger partial charge in [0, 0.05) is 18.7 Å². The van der Waals surface area contributed by atoms with Crippen LogP contribution in [0.2, 0.25) is 0 Å². The first-order valence-corrected chi connectivity index (χ1v) is 9.84. The molecule has 9 heteroatoms. The Hall–Kier alpha value is -2.68. The quantitative estimate of drug-likeness (QED) is 0.512. The predicted molar refractivity (Wildman–Crippen MR) is 121 cm³/mol. The van der Waals surface area contributed by atoms with Crippen LogP contribution in [0.3, 0.4) is 0 Å². The van der Waals surface area contributed by atoms with Crippen molar-refractivity contribution in [2.45, 2.75) is 0 Å². The van der Waals surface area contributed by atoms with Crippen molar-refractivity contribution >= 4 is 51.0 Å². The maximum absolute atomic E-state index is 13.2. The van der Waals surface area contributed by atoms with Crippen molar-refractivity contribution in [2.24, 2.45) is 0 Å². The number of nitrogens with zero attached hydrogens (tertiary/aromatic N) is 3. The second-order valence-electron chi connectivity index (χ2n) is 6.66. The monoisotopic (exact) mass is 449 g/mol. The molecule has 0 N–H and O–H groups in total. The molecule has 0 aliphatic rings. The van der Waals surface area contributed by atoms with Crippen LogP contribution in [0.4, 0.5) is 5.13 Å². The number of halogens is 1. The molecule has 1 aromatic heterocycles. The van der Waals surface area contributed by atoms with E-state index in [2.05, 4.69) is 4.98 Å². The molecule has 0 spiro atoms. The van der Waals surface area contributed by atoms with Crippen molar-refractivity contribution in [3.05, 3.63) is 53.6 Å². The summed E-state index contributed by atoms with van der Waals surface area (Å²) in [6.45, 7) is 1.17. The number of esters is 1. The molecule has 160 valence electrons. The Balaban J connectivity index is 0.00000320. The lowest BCUT2D eigenvalue weighted by atomic mass is 10.1. The van der Waals surface area contributed by atoms with Gasteiger partial charge in [-0.05, 0) is 56.6 Å². The Morgan fingerprint density at radius 1 is 1.00 bits per heavy atom. The summed E-state index contributed by atoms with van der Waals surface area (Å²) in [7, 11) is 6.86. The number of fused-ring (bicyclic) bond motifs is 1. The molecule has 3 rings (SSSR count). The predicted octanol–water partition coefficient (Wildman–Crippen LogP) is 3.72. The van der Waals surface area contributed by atoms with Crippen LogP contribution in [0, 0.1) is 0 Å². The first kappa shape index (κ1) is 23.6. The van der Waals surface area contributed by atoms with E-state index >= 15 is 0 Å². The highest BCUT2D eigenvalue weighted by atomic mass is 35.5. The van der Waals surface area contributed by atoms with E-state index in [1.807, 2.05) is 37.2 Å². The third kappa shape index (κ3) is 5.27. The molecule has 0 atom stereocenters. The highest BCUT2D eigenvalue weighted by Crippen LogP contribution is 2.32. The van der Waals surface area contributed by atoms with Gasteiger partial charge in [-0.2, -0.15) is 0 Å². The first-order valence-electron chi connectivity index (χ1n) is 9.02. The normalized spacial score (nSPS) is 10.6. The number of amides is 1. The second kappa shape index (κ2) is 10.4. The Morgan fingerprint density at radius 2 is 1.67 bits per heavy atom. The number of hydrogen-bond donors (Lipinski definition) is 0. The maximum atomic E-state index is 13.2. The summed E-state index contributed by atoms with van der Waals surface area (Å²) in [5, 5.41) is 0.622. The fraction of sp³-hybridized carbons (Fsp3) is 0.286. The Bertz CT molecular complexity index is 1020. The minimum Gasteiger partial charge on any atom is -0.497 e. The van der Waals surface area contributed by atoms with E-state index in [9.17, 15) is 9.59 Å². The molecule has 0 fully saturated rings. The van der Waals surface area contributed by atoms with Crippen LogP contribution < -0.4 is 9.64 Å². The van der Waals surface area contributed by atoms with Gasteiger partial charge >= 0.3 is 5.97 Å². The van der Waals surface area contributed by atoms with Crippen LogP contribution >= 0.6 is 23.7 Å². The molecule has 7 nitrogen and oxygen atoms in total. The van der Waals surface area contributed by atoms with E-state index in [0.29, 0.717) is 29.3 Å². The van der Waals surface area contributed by atoms with Gasteiger partial charge in [0.25, 0.3) is 5.91 Å². The van der Waals surface area contributed by atoms with Crippen molar-refractivity contribution in [3.8, 4) is 5.75 Å². The number of methoxy groups -OCH3 is 2. The van der Waals surface area contributed by atoms with Crippen LogP contribution in [0.1, 0.15) is 20.7 Å². The van der Waals surface area contributed by atoms with Crippen LogP contribution in [-0.4, -0.2) is 63.2 Å². The topological polar surface area (TPSA) is 72.0 Å². The van der Waals surface area contributed by atoms with E-state index in [0.717, 1.165) is 16.0 Å². The number of carbonyl (C=O) groups is 2. The average molecular weight is 450 g/mol. The lowest BCUT2D eigenvalue weighted by molar-refractivity contribution is 0.0600. The van der Waals surface area contributed by atoms with E-state index in [1.165, 1.54) is 18.4 Å². The third-order valence-electron chi connectivity index (χ3n) is 4.38. The van der Waals surface area contributed by atoms with Crippen molar-refractivity contribution in [3.63, 3.8) is 0 Å². The van der Waals surface area contributed by atoms with Gasteiger partial charge in [0.2, 0.25) is 0 Å². The van der Waals surface area contributed by atoms with Crippen LogP contribution in [0.25, 0.3) is 10.2 Å². The molecule has 30 heavy (non-hydrogen) atoms. The lowest BCUT2D eigenvalue weighted by Crippen LogP contribution is -2.36. The molecule has 3 aromatic rings. The van der Waals surface area contributed by atoms with Gasteiger partial charge in [-0.15, -0.1) is 12.4 Å². The Labute approximate surface area is 185 Å². The van der Waals surface area contributed by atoms with Crippen LogP contribution in [-0.2, 0) is 4.74 Å². The molecule has 0 radical (unpaired) electrons. The van der Waals surface area contributed by atoms with Gasteiger partial charge in [0.15, 0.2) is 5.13 Å². The Kier molecular flexibility index (Phi) is 8.16. The van der Waals surface area contributed by atoms with Gasteiger partial charge in [0.1, 0.15) is 5.75 Å². The van der Waals surface area contributed by atoms with Gasteiger partial charge < -0.3 is 14.4 Å². The zero-order valence-corrected chi connectivity index (χ0v) is 18.9. The fourth-order valence-electron chi connectivity index (χ4n) is 2.74. The van der Waals surface area contributed by atoms with E-state index < -0.39 is 5.97 Å². The number of anilines is 1. The molecule has 0 unspecified atom stereocenters. The first-order chi connectivity index (χ1) is 13.9. The number of hydrogen-bond acceptors (Lipinski definition) is 7. The van der Waals surface area contributed by atoms with Gasteiger partial charge in [0.05, 0.1) is 30.0 Å². The summed E-state index contributed by atoms with van der Waals surface area (Å²) < 4.78 is 10.9. The summed E-state index contributed by atoms with van der Waals surface area (Å²) in [6, 6.07) is 12.1. The van der Waals surface area contributed by atoms with Crippen LogP contribution in [0.15, 0.2) is 42.5 Å². The minimum absolute atomic E-state index is 0. The van der Waals surface area contributed by atoms with E-state index in [4.69, 9.17) is 9.47 Å². The number of ether oxygens (including phenoxy) is 2. The summed E-state index contributed by atoms with van der Waals surface area (Å²) in [5.74, 6) is 0.139. The molecule has 0 saturated heterocycles. The number of aromatic nitrogens is 1. The van der Waals surface area contributed by atoms with Crippen molar-refractivity contribution in [1.82, 2.24) is 9.88 Å². The number of carbonyl (C=O) groups excluding carboxylic acids is 2. The fourth-order valence-corrected chi connectivity index (χ4v) is 3.76. The molecule has 0 saturated carbocycles. The molecular weight excluding hydrogens is 426 g/mol. The minimum atomic E-state index is -0.436. The lowest BCUT2D eigenvalue weighted by Gasteiger charge is -2.22. The summed E-state index contributed by atoms with van der Waals surface area (Å²) in [6.07, 6.45) is 0. The Morgan fingerprint density at radius 3 is 2.27 bits per heavy atom. The zero-order valence-electron chi connectivity index (χ0n) is 17.2. The molecular formula is C21H24ClN3O4S. The number of likely N-dealkylation sites (N-methyl/N-ethyl adjacent to an activating group) is 1. The number of rotatable bonds is 7. The van der Waals surface area contributed by atoms with Crippen molar-refractivity contribution in [1.29, 1.82) is 0 Å². The summed E-state index contributed by atoms with van der Waals surface area (Å²) in [5.41, 5.74) is 1.69. The van der Waals surface area contributed by atoms with Gasteiger partial charge in [-0.25, -0.2) is 9.78 Å². The zero-order chi connectivity index (χ0) is 21.0. The molecule has 1 heterocycles.